The van der Waals surface area contributed by atoms with E-state index in [-0.39, 0.29) is 0 Å². The van der Waals surface area contributed by atoms with Gasteiger partial charge in [-0.05, 0) is 24.6 Å². The molecule has 0 unspecified atom stereocenters. The van der Waals surface area contributed by atoms with Gasteiger partial charge in [-0.25, -0.2) is 0 Å². The minimum absolute atomic E-state index is 0.487. The van der Waals surface area contributed by atoms with Crippen LogP contribution in [-0.2, 0) is 6.54 Å². The number of anilines is 1. The third-order valence-corrected chi connectivity index (χ3v) is 3.54. The van der Waals surface area contributed by atoms with Crippen LogP contribution in [0.25, 0.3) is 0 Å². The van der Waals surface area contributed by atoms with E-state index in [0.29, 0.717) is 12.1 Å². The number of benzene rings is 1. The molecule has 0 bridgehead atoms. The number of methoxy groups -OCH3 is 1. The summed E-state index contributed by atoms with van der Waals surface area (Å²) in [5, 5.41) is 9.77. The Morgan fingerprint density at radius 1 is 1.24 bits per heavy atom. The molecule has 4 heteroatoms. The molecule has 1 atom stereocenters. The molecule has 0 saturated carbocycles. The molecule has 0 fully saturated rings. The first-order valence-corrected chi connectivity index (χ1v) is 7.12. The van der Waals surface area contributed by atoms with Gasteiger partial charge < -0.3 is 14.7 Å². The van der Waals surface area contributed by atoms with E-state index in [1.165, 1.54) is 0 Å². The van der Waals surface area contributed by atoms with Crippen LogP contribution in [0.5, 0.6) is 5.75 Å². The van der Waals surface area contributed by atoms with Gasteiger partial charge in [-0.1, -0.05) is 25.1 Å². The summed E-state index contributed by atoms with van der Waals surface area (Å²) in [5.41, 5.74) is 2.85. The summed E-state index contributed by atoms with van der Waals surface area (Å²) in [6, 6.07) is 11.8. The number of hydrogen-bond donors (Lipinski definition) is 1. The maximum atomic E-state index is 9.77. The average molecular weight is 286 g/mol. The van der Waals surface area contributed by atoms with Crippen molar-refractivity contribution in [2.45, 2.75) is 26.0 Å². The largest absolute Gasteiger partial charge is 0.496 e. The van der Waals surface area contributed by atoms with Crippen molar-refractivity contribution in [1.29, 1.82) is 0 Å². The number of hydrogen-bond acceptors (Lipinski definition) is 4. The fourth-order valence-electron chi connectivity index (χ4n) is 2.21. The van der Waals surface area contributed by atoms with Crippen LogP contribution in [0.3, 0.4) is 0 Å². The van der Waals surface area contributed by atoms with E-state index in [1.807, 2.05) is 44.3 Å². The van der Waals surface area contributed by atoms with E-state index < -0.39 is 6.10 Å². The zero-order valence-electron chi connectivity index (χ0n) is 12.8. The minimum atomic E-state index is -0.487. The number of aliphatic hydroxyl groups is 1. The van der Waals surface area contributed by atoms with Crippen molar-refractivity contribution < 1.29 is 9.84 Å². The van der Waals surface area contributed by atoms with Crippen LogP contribution in [0.15, 0.2) is 42.6 Å². The molecule has 4 nitrogen and oxygen atoms in total. The predicted octanol–water partition coefficient (Wildman–Crippen LogP) is 3.17. The highest BCUT2D eigenvalue weighted by molar-refractivity contribution is 5.46. The number of para-hydroxylation sites is 1. The molecule has 1 aromatic heterocycles. The first-order valence-electron chi connectivity index (χ1n) is 7.12. The van der Waals surface area contributed by atoms with Crippen LogP contribution in [0.2, 0.25) is 0 Å². The highest BCUT2D eigenvalue weighted by Gasteiger charge is 2.09. The monoisotopic (exact) mass is 286 g/mol. The smallest absolute Gasteiger partial charge is 0.123 e. The molecule has 0 radical (unpaired) electrons. The van der Waals surface area contributed by atoms with Crippen molar-refractivity contribution in [3.05, 3.63) is 53.9 Å². The molecule has 0 aliphatic rings. The van der Waals surface area contributed by atoms with Crippen LogP contribution >= 0.6 is 0 Å². The Kier molecular flexibility index (Phi) is 5.17. The van der Waals surface area contributed by atoms with E-state index in [0.717, 1.165) is 23.5 Å². The standard InChI is InChI=1S/C17H22N2O2/c1-4-16(20)15-10-9-14(11-18-15)19(2)12-13-7-5-6-8-17(13)21-3/h5-11,16,20H,4,12H2,1-3H3/t16-/m0/s1. The van der Waals surface area contributed by atoms with Gasteiger partial charge in [0.1, 0.15) is 5.75 Å². The van der Waals surface area contributed by atoms with Gasteiger partial charge in [0, 0.05) is 19.2 Å². The predicted molar refractivity (Wildman–Crippen MR) is 84.6 cm³/mol. The summed E-state index contributed by atoms with van der Waals surface area (Å²) in [6.45, 7) is 2.68. The number of pyridine rings is 1. The van der Waals surface area contributed by atoms with Gasteiger partial charge in [0.2, 0.25) is 0 Å². The molecule has 0 spiro atoms. The number of aromatic nitrogens is 1. The fraction of sp³-hybridized carbons (Fsp3) is 0.353. The topological polar surface area (TPSA) is 45.6 Å². The van der Waals surface area contributed by atoms with Crippen molar-refractivity contribution >= 4 is 5.69 Å². The SMILES string of the molecule is CC[C@H](O)c1ccc(N(C)Cc2ccccc2OC)cn1. The lowest BCUT2D eigenvalue weighted by molar-refractivity contribution is 0.169. The number of ether oxygens (including phenoxy) is 1. The van der Waals surface area contributed by atoms with Crippen LogP contribution in [0.4, 0.5) is 5.69 Å². The van der Waals surface area contributed by atoms with Crippen LogP contribution in [0.1, 0.15) is 30.7 Å². The number of aliphatic hydroxyl groups excluding tert-OH is 1. The van der Waals surface area contributed by atoms with Crippen molar-refractivity contribution in [2.75, 3.05) is 19.1 Å². The molecule has 0 amide bonds. The Morgan fingerprint density at radius 2 is 2.00 bits per heavy atom. The van der Waals surface area contributed by atoms with E-state index in [9.17, 15) is 5.11 Å². The summed E-state index contributed by atoms with van der Waals surface area (Å²) in [5.74, 6) is 0.885. The normalized spacial score (nSPS) is 12.0. The molecular weight excluding hydrogens is 264 g/mol. The summed E-state index contributed by atoms with van der Waals surface area (Å²) in [6.07, 6.45) is 1.98. The van der Waals surface area contributed by atoms with Crippen molar-refractivity contribution in [3.8, 4) is 5.75 Å². The van der Waals surface area contributed by atoms with E-state index in [2.05, 4.69) is 16.0 Å². The van der Waals surface area contributed by atoms with Crippen molar-refractivity contribution in [2.24, 2.45) is 0 Å². The average Bonchev–Trinajstić information content (AvgIpc) is 2.54. The molecule has 1 heterocycles. The van der Waals surface area contributed by atoms with E-state index in [4.69, 9.17) is 4.74 Å². The first-order chi connectivity index (χ1) is 10.2. The van der Waals surface area contributed by atoms with Crippen LogP contribution < -0.4 is 9.64 Å². The maximum absolute atomic E-state index is 9.77. The summed E-state index contributed by atoms with van der Waals surface area (Å²) >= 11 is 0. The highest BCUT2D eigenvalue weighted by Crippen LogP contribution is 2.23. The molecule has 0 aliphatic carbocycles. The zero-order chi connectivity index (χ0) is 15.2. The maximum Gasteiger partial charge on any atom is 0.123 e. The van der Waals surface area contributed by atoms with Crippen molar-refractivity contribution in [1.82, 2.24) is 4.98 Å². The highest BCUT2D eigenvalue weighted by atomic mass is 16.5. The summed E-state index contributed by atoms with van der Waals surface area (Å²) in [4.78, 5) is 6.44. The first kappa shape index (κ1) is 15.3. The molecule has 1 N–H and O–H groups in total. The zero-order valence-corrected chi connectivity index (χ0v) is 12.8. The molecule has 0 saturated heterocycles. The van der Waals surface area contributed by atoms with Gasteiger partial charge in [-0.15, -0.1) is 0 Å². The van der Waals surface area contributed by atoms with Crippen molar-refractivity contribution in [3.63, 3.8) is 0 Å². The molecule has 0 aliphatic heterocycles. The van der Waals surface area contributed by atoms with Crippen LogP contribution in [-0.4, -0.2) is 24.2 Å². The Labute approximate surface area is 126 Å². The molecule has 2 rings (SSSR count). The minimum Gasteiger partial charge on any atom is -0.496 e. The number of rotatable bonds is 6. The third-order valence-electron chi connectivity index (χ3n) is 3.54. The Morgan fingerprint density at radius 3 is 2.62 bits per heavy atom. The fourth-order valence-corrected chi connectivity index (χ4v) is 2.21. The van der Waals surface area contributed by atoms with Gasteiger partial charge in [-0.3, -0.25) is 4.98 Å². The lowest BCUT2D eigenvalue weighted by Crippen LogP contribution is -2.17. The Hall–Kier alpha value is -2.07. The molecule has 112 valence electrons. The van der Waals surface area contributed by atoms with Crippen LogP contribution in [0, 0.1) is 0 Å². The second-order valence-corrected chi connectivity index (χ2v) is 5.03. The molecular formula is C17H22N2O2. The van der Waals surface area contributed by atoms with Gasteiger partial charge in [-0.2, -0.15) is 0 Å². The quantitative estimate of drug-likeness (QED) is 0.886. The van der Waals surface area contributed by atoms with E-state index >= 15 is 0 Å². The van der Waals surface area contributed by atoms with Gasteiger partial charge >= 0.3 is 0 Å². The Bertz CT molecular complexity index is 569. The van der Waals surface area contributed by atoms with E-state index in [1.54, 1.807) is 13.3 Å². The number of nitrogens with zero attached hydrogens (tertiary/aromatic N) is 2. The third kappa shape index (κ3) is 3.73. The molecule has 1 aromatic carbocycles. The lowest BCUT2D eigenvalue weighted by Gasteiger charge is -2.21. The van der Waals surface area contributed by atoms with Gasteiger partial charge in [0.15, 0.2) is 0 Å². The summed E-state index contributed by atoms with van der Waals surface area (Å²) < 4.78 is 5.37. The van der Waals surface area contributed by atoms with Gasteiger partial charge in [0.25, 0.3) is 0 Å². The molecule has 21 heavy (non-hydrogen) atoms. The summed E-state index contributed by atoms with van der Waals surface area (Å²) in [7, 11) is 3.70. The van der Waals surface area contributed by atoms with Gasteiger partial charge in [0.05, 0.1) is 30.8 Å². The Balaban J connectivity index is 2.11. The lowest BCUT2D eigenvalue weighted by atomic mass is 10.1. The second-order valence-electron chi connectivity index (χ2n) is 5.03. The second kappa shape index (κ2) is 7.09. The molecule has 2 aromatic rings.